The molecule has 5 heteroatoms. The average molecular weight is 230 g/mol. The van der Waals surface area contributed by atoms with E-state index in [4.69, 9.17) is 5.26 Å². The van der Waals surface area contributed by atoms with Gasteiger partial charge in [-0.05, 0) is 25.8 Å². The monoisotopic (exact) mass is 230 g/mol. The predicted molar refractivity (Wildman–Crippen MR) is 62.4 cm³/mol. The first-order chi connectivity index (χ1) is 8.20. The molecule has 1 aromatic rings. The first-order valence-electron chi connectivity index (χ1n) is 5.69. The minimum absolute atomic E-state index is 0.172. The number of ketones is 1. The molecule has 0 spiro atoms. The van der Waals surface area contributed by atoms with Crippen LogP contribution in [0.2, 0.25) is 0 Å². The van der Waals surface area contributed by atoms with E-state index in [0.29, 0.717) is 11.6 Å². The molecule has 0 amide bonds. The number of carbonyl (C=O) groups excluding carboxylic acids is 1. The molecule has 5 nitrogen and oxygen atoms in total. The summed E-state index contributed by atoms with van der Waals surface area (Å²) in [6.07, 6.45) is 3.28. The number of piperidine rings is 1. The molecule has 17 heavy (non-hydrogen) atoms. The van der Waals surface area contributed by atoms with E-state index in [9.17, 15) is 4.79 Å². The SMILES string of the molecule is CC(=O)C1CCN(c2nccc(C#N)n2)CC1. The van der Waals surface area contributed by atoms with E-state index in [1.165, 1.54) is 0 Å². The van der Waals surface area contributed by atoms with E-state index in [2.05, 4.69) is 9.97 Å². The van der Waals surface area contributed by atoms with Crippen molar-refractivity contribution in [1.29, 1.82) is 5.26 Å². The normalized spacial score (nSPS) is 16.6. The number of hydrogen-bond donors (Lipinski definition) is 0. The Bertz CT molecular complexity index is 458. The Kier molecular flexibility index (Phi) is 3.33. The van der Waals surface area contributed by atoms with Crippen molar-refractivity contribution in [1.82, 2.24) is 9.97 Å². The summed E-state index contributed by atoms with van der Waals surface area (Å²) in [5.74, 6) is 1.02. The largest absolute Gasteiger partial charge is 0.341 e. The highest BCUT2D eigenvalue weighted by Gasteiger charge is 2.23. The van der Waals surface area contributed by atoms with Crippen LogP contribution in [0.15, 0.2) is 12.3 Å². The molecule has 1 fully saturated rings. The van der Waals surface area contributed by atoms with Gasteiger partial charge < -0.3 is 4.90 Å². The molecule has 0 N–H and O–H groups in total. The minimum Gasteiger partial charge on any atom is -0.341 e. The summed E-state index contributed by atoms with van der Waals surface area (Å²) in [4.78, 5) is 21.6. The Balaban J connectivity index is 2.05. The fourth-order valence-corrected chi connectivity index (χ4v) is 2.05. The van der Waals surface area contributed by atoms with Gasteiger partial charge in [0, 0.05) is 25.2 Å². The molecule has 0 saturated carbocycles. The molecule has 0 bridgehead atoms. The summed E-state index contributed by atoms with van der Waals surface area (Å²) in [6.45, 7) is 3.20. The number of hydrogen-bond acceptors (Lipinski definition) is 5. The smallest absolute Gasteiger partial charge is 0.226 e. The lowest BCUT2D eigenvalue weighted by atomic mass is 9.93. The van der Waals surface area contributed by atoms with Gasteiger partial charge in [-0.25, -0.2) is 9.97 Å². The highest BCUT2D eigenvalue weighted by atomic mass is 16.1. The van der Waals surface area contributed by atoms with Crippen molar-refractivity contribution in [2.24, 2.45) is 5.92 Å². The molecular formula is C12H14N4O. The lowest BCUT2D eigenvalue weighted by Crippen LogP contribution is -2.36. The fraction of sp³-hybridized carbons (Fsp3) is 0.500. The molecular weight excluding hydrogens is 216 g/mol. The summed E-state index contributed by atoms with van der Waals surface area (Å²) in [5, 5.41) is 8.77. The van der Waals surface area contributed by atoms with Crippen LogP contribution in [0, 0.1) is 17.2 Å². The van der Waals surface area contributed by atoms with Gasteiger partial charge in [-0.1, -0.05) is 0 Å². The van der Waals surface area contributed by atoms with E-state index in [0.717, 1.165) is 25.9 Å². The van der Waals surface area contributed by atoms with E-state index in [1.807, 2.05) is 11.0 Å². The van der Waals surface area contributed by atoms with Crippen molar-refractivity contribution in [3.63, 3.8) is 0 Å². The first-order valence-corrected chi connectivity index (χ1v) is 5.69. The Morgan fingerprint density at radius 1 is 1.53 bits per heavy atom. The minimum atomic E-state index is 0.172. The summed E-state index contributed by atoms with van der Waals surface area (Å²) < 4.78 is 0. The summed E-state index contributed by atoms with van der Waals surface area (Å²) in [6, 6.07) is 3.59. The topological polar surface area (TPSA) is 69.9 Å². The van der Waals surface area contributed by atoms with Gasteiger partial charge in [-0.15, -0.1) is 0 Å². The fourth-order valence-electron chi connectivity index (χ4n) is 2.05. The first kappa shape index (κ1) is 11.5. The van der Waals surface area contributed by atoms with Crippen molar-refractivity contribution in [3.8, 4) is 6.07 Å². The zero-order chi connectivity index (χ0) is 12.3. The van der Waals surface area contributed by atoms with Gasteiger partial charge in [0.05, 0.1) is 0 Å². The highest BCUT2D eigenvalue weighted by Crippen LogP contribution is 2.21. The van der Waals surface area contributed by atoms with Gasteiger partial charge in [0.2, 0.25) is 5.95 Å². The van der Waals surface area contributed by atoms with Gasteiger partial charge in [0.25, 0.3) is 0 Å². The van der Waals surface area contributed by atoms with Gasteiger partial charge >= 0.3 is 0 Å². The predicted octanol–water partition coefficient (Wildman–Crippen LogP) is 1.15. The van der Waals surface area contributed by atoms with Crippen molar-refractivity contribution < 1.29 is 4.79 Å². The summed E-state index contributed by atoms with van der Waals surface area (Å²) >= 11 is 0. The Hall–Kier alpha value is -1.96. The van der Waals surface area contributed by atoms with Crippen LogP contribution in [0.4, 0.5) is 5.95 Å². The third kappa shape index (κ3) is 2.59. The molecule has 2 heterocycles. The second-order valence-electron chi connectivity index (χ2n) is 4.23. The number of Topliss-reactive ketones (excluding diaryl/α,β-unsaturated/α-hetero) is 1. The maximum Gasteiger partial charge on any atom is 0.226 e. The molecule has 88 valence electrons. The standard InChI is InChI=1S/C12H14N4O/c1-9(17)10-3-6-16(7-4-10)12-14-5-2-11(8-13)15-12/h2,5,10H,3-4,6-7H2,1H3. The van der Waals surface area contributed by atoms with Crippen LogP contribution in [0.5, 0.6) is 0 Å². The molecule has 1 aliphatic heterocycles. The van der Waals surface area contributed by atoms with Crippen LogP contribution in [0.1, 0.15) is 25.5 Å². The number of carbonyl (C=O) groups is 1. The van der Waals surface area contributed by atoms with Crippen molar-refractivity contribution in [2.75, 3.05) is 18.0 Å². The second kappa shape index (κ2) is 4.91. The van der Waals surface area contributed by atoms with E-state index in [1.54, 1.807) is 19.2 Å². The van der Waals surface area contributed by atoms with Gasteiger partial charge in [-0.2, -0.15) is 5.26 Å². The molecule has 0 aromatic carbocycles. The molecule has 0 atom stereocenters. The molecule has 1 saturated heterocycles. The van der Waals surface area contributed by atoms with Gasteiger partial charge in [-0.3, -0.25) is 4.79 Å². The van der Waals surface area contributed by atoms with Crippen LogP contribution in [0.3, 0.4) is 0 Å². The third-order valence-electron chi connectivity index (χ3n) is 3.11. The van der Waals surface area contributed by atoms with Crippen LogP contribution in [-0.2, 0) is 4.79 Å². The van der Waals surface area contributed by atoms with Gasteiger partial charge in [0.15, 0.2) is 0 Å². The van der Waals surface area contributed by atoms with Crippen molar-refractivity contribution in [2.45, 2.75) is 19.8 Å². The molecule has 1 aromatic heterocycles. The summed E-state index contributed by atoms with van der Waals surface area (Å²) in [7, 11) is 0. The van der Waals surface area contributed by atoms with Gasteiger partial charge in [0.1, 0.15) is 17.5 Å². The second-order valence-corrected chi connectivity index (χ2v) is 4.23. The van der Waals surface area contributed by atoms with E-state index in [-0.39, 0.29) is 11.7 Å². The van der Waals surface area contributed by atoms with Crippen LogP contribution in [-0.4, -0.2) is 28.8 Å². The number of nitrogens with zero attached hydrogens (tertiary/aromatic N) is 4. The number of nitriles is 1. The third-order valence-corrected chi connectivity index (χ3v) is 3.11. The van der Waals surface area contributed by atoms with E-state index < -0.39 is 0 Å². The average Bonchev–Trinajstić information content (AvgIpc) is 2.39. The molecule has 0 radical (unpaired) electrons. The summed E-state index contributed by atoms with van der Waals surface area (Å²) in [5.41, 5.74) is 0.378. The maximum atomic E-state index is 11.2. The van der Waals surface area contributed by atoms with Crippen molar-refractivity contribution >= 4 is 11.7 Å². The zero-order valence-electron chi connectivity index (χ0n) is 9.76. The Morgan fingerprint density at radius 2 is 2.24 bits per heavy atom. The number of rotatable bonds is 2. The Labute approximate surface area is 100 Å². The zero-order valence-corrected chi connectivity index (χ0v) is 9.76. The molecule has 0 aliphatic carbocycles. The quantitative estimate of drug-likeness (QED) is 0.762. The number of anilines is 1. The lowest BCUT2D eigenvalue weighted by Gasteiger charge is -2.30. The molecule has 1 aliphatic rings. The molecule has 0 unspecified atom stereocenters. The van der Waals surface area contributed by atoms with Crippen LogP contribution >= 0.6 is 0 Å². The maximum absolute atomic E-state index is 11.2. The van der Waals surface area contributed by atoms with Crippen LogP contribution < -0.4 is 4.90 Å². The molecule has 2 rings (SSSR count). The van der Waals surface area contributed by atoms with Crippen LogP contribution in [0.25, 0.3) is 0 Å². The van der Waals surface area contributed by atoms with Crippen molar-refractivity contribution in [3.05, 3.63) is 18.0 Å². The highest BCUT2D eigenvalue weighted by molar-refractivity contribution is 5.78. The Morgan fingerprint density at radius 3 is 2.82 bits per heavy atom. The van der Waals surface area contributed by atoms with E-state index >= 15 is 0 Å². The number of aromatic nitrogens is 2. The lowest BCUT2D eigenvalue weighted by molar-refractivity contribution is -0.121.